The van der Waals surface area contributed by atoms with E-state index in [0.717, 1.165) is 28.1 Å². The minimum absolute atomic E-state index is 0.125. The fourth-order valence-electron chi connectivity index (χ4n) is 3.05. The zero-order valence-electron chi connectivity index (χ0n) is 14.5. The van der Waals surface area contributed by atoms with Gasteiger partial charge in [0.25, 0.3) is 0 Å². The highest BCUT2D eigenvalue weighted by Gasteiger charge is 2.28. The van der Waals surface area contributed by atoms with Gasteiger partial charge in [-0.3, -0.25) is 0 Å². The lowest BCUT2D eigenvalue weighted by Gasteiger charge is -2.28. The second-order valence-electron chi connectivity index (χ2n) is 5.99. The number of fused-ring (bicyclic) bond motifs is 1. The quantitative estimate of drug-likeness (QED) is 0.638. The summed E-state index contributed by atoms with van der Waals surface area (Å²) in [5, 5.41) is 20.3. The van der Waals surface area contributed by atoms with Gasteiger partial charge in [0.05, 0.1) is 31.5 Å². The normalized spacial score (nSPS) is 14.7. The standard InChI is InChI=1S/C19H19N3O3S/c1-24-16-8-14-15(9-17(16)25-2)22(13-10-26-11-13)19(23)18(14)21-20-12-6-4-3-5-7-12/h3-9,13,23H,10-11H2,1-2H3. The number of ether oxygens (including phenoxy) is 2. The van der Waals surface area contributed by atoms with Gasteiger partial charge in [0.15, 0.2) is 17.2 Å². The van der Waals surface area contributed by atoms with Crippen molar-refractivity contribution in [3.8, 4) is 17.4 Å². The second-order valence-corrected chi connectivity index (χ2v) is 7.07. The molecule has 7 heteroatoms. The number of thioether (sulfide) groups is 1. The van der Waals surface area contributed by atoms with Gasteiger partial charge in [0.1, 0.15) is 0 Å². The molecule has 0 atom stereocenters. The minimum atomic E-state index is 0.125. The molecule has 1 N–H and O–H groups in total. The number of rotatable bonds is 5. The number of aromatic nitrogens is 1. The lowest BCUT2D eigenvalue weighted by Crippen LogP contribution is -2.22. The van der Waals surface area contributed by atoms with Crippen molar-refractivity contribution in [1.29, 1.82) is 0 Å². The van der Waals surface area contributed by atoms with Crippen LogP contribution in [0.25, 0.3) is 10.9 Å². The minimum Gasteiger partial charge on any atom is -0.493 e. The SMILES string of the molecule is COc1cc2c(N=Nc3ccccc3)c(O)n(C3CSC3)c2cc1OC. The van der Waals surface area contributed by atoms with Gasteiger partial charge in [-0.25, -0.2) is 0 Å². The van der Waals surface area contributed by atoms with Crippen molar-refractivity contribution in [2.75, 3.05) is 25.7 Å². The van der Waals surface area contributed by atoms with E-state index >= 15 is 0 Å². The molecule has 2 aromatic carbocycles. The van der Waals surface area contributed by atoms with Crippen molar-refractivity contribution in [3.63, 3.8) is 0 Å². The number of methoxy groups -OCH3 is 2. The first-order chi connectivity index (χ1) is 12.7. The summed E-state index contributed by atoms with van der Waals surface area (Å²) in [4.78, 5) is 0. The van der Waals surface area contributed by atoms with Gasteiger partial charge >= 0.3 is 0 Å². The van der Waals surface area contributed by atoms with Crippen LogP contribution in [0.15, 0.2) is 52.7 Å². The maximum Gasteiger partial charge on any atom is 0.221 e. The Balaban J connectivity index is 1.90. The van der Waals surface area contributed by atoms with Crippen molar-refractivity contribution in [2.24, 2.45) is 10.2 Å². The average molecular weight is 369 g/mol. The molecule has 1 aliphatic rings. The van der Waals surface area contributed by atoms with E-state index < -0.39 is 0 Å². The molecular formula is C19H19N3O3S. The van der Waals surface area contributed by atoms with Crippen LogP contribution in [0.4, 0.5) is 11.4 Å². The van der Waals surface area contributed by atoms with Crippen LogP contribution < -0.4 is 9.47 Å². The van der Waals surface area contributed by atoms with Crippen LogP contribution in [0.2, 0.25) is 0 Å². The summed E-state index contributed by atoms with van der Waals surface area (Å²) in [7, 11) is 3.19. The molecule has 1 saturated heterocycles. The Kier molecular flexibility index (Phi) is 4.46. The first-order valence-electron chi connectivity index (χ1n) is 8.26. The molecule has 3 aromatic rings. The third kappa shape index (κ3) is 2.78. The number of aromatic hydroxyl groups is 1. The topological polar surface area (TPSA) is 68.3 Å². The van der Waals surface area contributed by atoms with E-state index in [1.807, 2.05) is 58.8 Å². The first kappa shape index (κ1) is 16.8. The lowest BCUT2D eigenvalue weighted by molar-refractivity contribution is 0.355. The van der Waals surface area contributed by atoms with Gasteiger partial charge < -0.3 is 19.1 Å². The van der Waals surface area contributed by atoms with Gasteiger partial charge in [-0.05, 0) is 18.2 Å². The number of nitrogens with zero attached hydrogens (tertiary/aromatic N) is 3. The smallest absolute Gasteiger partial charge is 0.221 e. The van der Waals surface area contributed by atoms with Crippen LogP contribution >= 0.6 is 11.8 Å². The van der Waals surface area contributed by atoms with E-state index in [4.69, 9.17) is 9.47 Å². The van der Waals surface area contributed by atoms with Gasteiger partial charge in [-0.15, -0.1) is 5.11 Å². The molecule has 0 unspecified atom stereocenters. The van der Waals surface area contributed by atoms with Crippen LogP contribution in [0.1, 0.15) is 6.04 Å². The van der Waals surface area contributed by atoms with Crippen molar-refractivity contribution >= 4 is 34.0 Å². The lowest BCUT2D eigenvalue weighted by atomic mass is 10.2. The Bertz CT molecular complexity index is 965. The average Bonchev–Trinajstić information content (AvgIpc) is 2.89. The molecule has 0 bridgehead atoms. The van der Waals surface area contributed by atoms with Crippen LogP contribution in [0.5, 0.6) is 17.4 Å². The summed E-state index contributed by atoms with van der Waals surface area (Å²) in [5.74, 6) is 3.26. The third-order valence-corrected chi connectivity index (χ3v) is 5.70. The van der Waals surface area contributed by atoms with Crippen LogP contribution in [-0.4, -0.2) is 35.4 Å². The van der Waals surface area contributed by atoms with Crippen molar-refractivity contribution in [1.82, 2.24) is 4.57 Å². The second kappa shape index (κ2) is 6.92. The van der Waals surface area contributed by atoms with E-state index in [1.54, 1.807) is 14.2 Å². The van der Waals surface area contributed by atoms with E-state index in [2.05, 4.69) is 10.2 Å². The van der Waals surface area contributed by atoms with E-state index in [0.29, 0.717) is 17.2 Å². The summed E-state index contributed by atoms with van der Waals surface area (Å²) in [6, 6.07) is 13.4. The molecule has 1 fully saturated rings. The van der Waals surface area contributed by atoms with E-state index in [-0.39, 0.29) is 11.9 Å². The molecule has 0 spiro atoms. The molecule has 0 aliphatic carbocycles. The maximum absolute atomic E-state index is 10.9. The van der Waals surface area contributed by atoms with Gasteiger partial charge in [0.2, 0.25) is 5.88 Å². The highest BCUT2D eigenvalue weighted by Crippen LogP contribution is 2.47. The fraction of sp³-hybridized carbons (Fsp3) is 0.263. The molecule has 0 amide bonds. The Hall–Kier alpha value is -2.67. The summed E-state index contributed by atoms with van der Waals surface area (Å²) in [5.41, 5.74) is 2.04. The summed E-state index contributed by atoms with van der Waals surface area (Å²) < 4.78 is 12.8. The highest BCUT2D eigenvalue weighted by atomic mass is 32.2. The first-order valence-corrected chi connectivity index (χ1v) is 9.41. The van der Waals surface area contributed by atoms with E-state index in [1.165, 1.54) is 0 Å². The summed E-state index contributed by atoms with van der Waals surface area (Å²) in [6.45, 7) is 0. The van der Waals surface area contributed by atoms with Crippen molar-refractivity contribution in [2.45, 2.75) is 6.04 Å². The summed E-state index contributed by atoms with van der Waals surface area (Å²) >= 11 is 1.85. The molecule has 26 heavy (non-hydrogen) atoms. The molecule has 1 aliphatic heterocycles. The molecule has 2 heterocycles. The fourth-order valence-corrected chi connectivity index (χ4v) is 3.79. The number of hydrogen-bond donors (Lipinski definition) is 1. The maximum atomic E-state index is 10.9. The van der Waals surface area contributed by atoms with Gasteiger partial charge in [-0.1, -0.05) is 18.2 Å². The highest BCUT2D eigenvalue weighted by molar-refractivity contribution is 8.00. The zero-order valence-corrected chi connectivity index (χ0v) is 15.4. The van der Waals surface area contributed by atoms with Gasteiger partial charge in [-0.2, -0.15) is 16.9 Å². The van der Waals surface area contributed by atoms with Crippen LogP contribution in [0.3, 0.4) is 0 Å². The predicted molar refractivity (Wildman–Crippen MR) is 104 cm³/mol. The summed E-state index contributed by atoms with van der Waals surface area (Å²) in [6.07, 6.45) is 0. The number of azo groups is 1. The zero-order chi connectivity index (χ0) is 18.1. The molecule has 4 rings (SSSR count). The molecule has 0 radical (unpaired) electrons. The molecule has 6 nitrogen and oxygen atoms in total. The Labute approximate surface area is 155 Å². The Morgan fingerprint density at radius 1 is 1.04 bits per heavy atom. The third-order valence-electron chi connectivity index (χ3n) is 4.46. The number of benzene rings is 2. The monoisotopic (exact) mass is 369 g/mol. The molecule has 0 saturated carbocycles. The van der Waals surface area contributed by atoms with Crippen LogP contribution in [-0.2, 0) is 0 Å². The predicted octanol–water partition coefficient (Wildman–Crippen LogP) is 5.07. The largest absolute Gasteiger partial charge is 0.493 e. The van der Waals surface area contributed by atoms with Gasteiger partial charge in [0, 0.05) is 23.0 Å². The Morgan fingerprint density at radius 3 is 2.35 bits per heavy atom. The number of hydrogen-bond acceptors (Lipinski definition) is 6. The van der Waals surface area contributed by atoms with Crippen LogP contribution in [0, 0.1) is 0 Å². The molecular weight excluding hydrogens is 350 g/mol. The molecule has 1 aromatic heterocycles. The Morgan fingerprint density at radius 2 is 1.73 bits per heavy atom. The van der Waals surface area contributed by atoms with E-state index in [9.17, 15) is 5.11 Å². The van der Waals surface area contributed by atoms with Crippen molar-refractivity contribution in [3.05, 3.63) is 42.5 Å². The van der Waals surface area contributed by atoms with Crippen molar-refractivity contribution < 1.29 is 14.6 Å². The molecule has 134 valence electrons.